The van der Waals surface area contributed by atoms with E-state index >= 15 is 0 Å². The van der Waals surface area contributed by atoms with E-state index in [1.165, 1.54) is 21.0 Å². The number of aliphatic hydroxyl groups is 1. The molecule has 0 radical (unpaired) electrons. The number of hydrogen-bond acceptors (Lipinski definition) is 13. The number of carbonyl (C=O) groups is 6. The van der Waals surface area contributed by atoms with Crippen LogP contribution in [-0.4, -0.2) is 103 Å². The number of nitrogens with two attached hydrogens (primary N) is 2. The zero-order valence-electron chi connectivity index (χ0n) is 21.8. The van der Waals surface area contributed by atoms with Crippen LogP contribution in [0.4, 0.5) is 0 Å². The summed E-state index contributed by atoms with van der Waals surface area (Å²) in [5.41, 5.74) is 11.2. The van der Waals surface area contributed by atoms with Crippen LogP contribution in [0.3, 0.4) is 0 Å². The summed E-state index contributed by atoms with van der Waals surface area (Å²) in [6, 6.07) is -3.62. The van der Waals surface area contributed by atoms with Crippen molar-refractivity contribution in [3.8, 4) is 0 Å². The van der Waals surface area contributed by atoms with Gasteiger partial charge in [-0.15, -0.1) is 0 Å². The maximum Gasteiger partial charge on any atom is 0.305 e. The van der Waals surface area contributed by atoms with E-state index < -0.39 is 91.1 Å². The molecule has 1 saturated heterocycles. The number of aliphatic hydroxyl groups excluding tert-OH is 1. The highest BCUT2D eigenvalue weighted by Crippen LogP contribution is 2.25. The van der Waals surface area contributed by atoms with E-state index in [9.17, 15) is 33.9 Å². The van der Waals surface area contributed by atoms with Crippen molar-refractivity contribution < 1.29 is 57.6 Å². The first-order valence-electron chi connectivity index (χ1n) is 11.7. The van der Waals surface area contributed by atoms with Gasteiger partial charge in [-0.2, -0.15) is 0 Å². The topological polar surface area (TPSA) is 245 Å². The lowest BCUT2D eigenvalue weighted by molar-refractivity contribution is -0.267. The molecule has 1 aliphatic rings. The Labute approximate surface area is 219 Å². The molecule has 16 heteroatoms. The molecular formula is C22H36N4O12. The van der Waals surface area contributed by atoms with E-state index in [2.05, 4.69) is 15.4 Å². The molecule has 1 heterocycles. The van der Waals surface area contributed by atoms with Crippen molar-refractivity contribution in [1.82, 2.24) is 10.6 Å². The summed E-state index contributed by atoms with van der Waals surface area (Å²) in [5.74, 6) is -4.44. The second kappa shape index (κ2) is 15.2. The van der Waals surface area contributed by atoms with E-state index in [4.69, 9.17) is 30.4 Å². The lowest BCUT2D eigenvalue weighted by Crippen LogP contribution is -2.65. The third-order valence-corrected chi connectivity index (χ3v) is 5.47. The van der Waals surface area contributed by atoms with Crippen molar-refractivity contribution in [1.29, 1.82) is 0 Å². The Hall–Kier alpha value is -3.34. The van der Waals surface area contributed by atoms with Gasteiger partial charge in [0.25, 0.3) is 0 Å². The molecular weight excluding hydrogens is 512 g/mol. The maximum absolute atomic E-state index is 12.7. The third kappa shape index (κ3) is 10.2. The Balaban J connectivity index is 2.87. The van der Waals surface area contributed by atoms with Crippen molar-refractivity contribution in [3.63, 3.8) is 0 Å². The van der Waals surface area contributed by atoms with Gasteiger partial charge in [-0.25, -0.2) is 0 Å². The summed E-state index contributed by atoms with van der Waals surface area (Å²) in [6.45, 7) is 4.51. The molecule has 16 nitrogen and oxygen atoms in total. The zero-order chi connectivity index (χ0) is 29.2. The number of carbonyl (C=O) groups excluding carboxylic acids is 6. The molecule has 38 heavy (non-hydrogen) atoms. The van der Waals surface area contributed by atoms with Gasteiger partial charge in [-0.1, -0.05) is 0 Å². The van der Waals surface area contributed by atoms with Gasteiger partial charge in [-0.3, -0.25) is 28.8 Å². The second-order valence-corrected chi connectivity index (χ2v) is 8.57. The predicted molar refractivity (Wildman–Crippen MR) is 125 cm³/mol. The van der Waals surface area contributed by atoms with Crippen LogP contribution >= 0.6 is 0 Å². The lowest BCUT2D eigenvalue weighted by Gasteiger charge is -2.43. The molecule has 0 bridgehead atoms. The minimum absolute atomic E-state index is 0.107. The minimum atomic E-state index is -1.61. The summed E-state index contributed by atoms with van der Waals surface area (Å²) in [4.78, 5) is 71.1. The SMILES string of the molecule is COC(=O)CC[C@@H](NC(=O)[C@H](C)NC(=O)[C@@H](C)O[C@@H]1[C@@H](N)[C@@H](O)O[C@H](COC(C)=O)[C@H]1OC(C)=O)C(N)=O. The normalized spacial score (nSPS) is 25.2. The predicted octanol–water partition coefficient (Wildman–Crippen LogP) is -3.27. The number of ether oxygens (including phenoxy) is 5. The monoisotopic (exact) mass is 548 g/mol. The Morgan fingerprint density at radius 2 is 1.63 bits per heavy atom. The van der Waals surface area contributed by atoms with Crippen LogP contribution in [0.1, 0.15) is 40.5 Å². The highest BCUT2D eigenvalue weighted by atomic mass is 16.7. The first kappa shape index (κ1) is 32.7. The first-order chi connectivity index (χ1) is 17.7. The number of primary amides is 1. The van der Waals surface area contributed by atoms with Gasteiger partial charge in [0.15, 0.2) is 12.4 Å². The van der Waals surface area contributed by atoms with Crippen molar-refractivity contribution in [2.75, 3.05) is 13.7 Å². The molecule has 0 aliphatic carbocycles. The molecule has 0 saturated carbocycles. The van der Waals surface area contributed by atoms with E-state index in [1.807, 2.05) is 0 Å². The molecule has 7 N–H and O–H groups in total. The molecule has 0 spiro atoms. The molecule has 0 aromatic heterocycles. The van der Waals surface area contributed by atoms with Gasteiger partial charge in [0.05, 0.1) is 13.2 Å². The summed E-state index contributed by atoms with van der Waals surface area (Å²) >= 11 is 0. The summed E-state index contributed by atoms with van der Waals surface area (Å²) in [6.07, 6.45) is -6.86. The summed E-state index contributed by atoms with van der Waals surface area (Å²) in [7, 11) is 1.17. The van der Waals surface area contributed by atoms with E-state index in [1.54, 1.807) is 0 Å². The molecule has 1 aliphatic heterocycles. The number of amides is 3. The fraction of sp³-hybridized carbons (Fsp3) is 0.727. The van der Waals surface area contributed by atoms with Gasteiger partial charge in [0.1, 0.15) is 37.0 Å². The van der Waals surface area contributed by atoms with Crippen LogP contribution in [0.2, 0.25) is 0 Å². The molecule has 0 aromatic rings. The Kier molecular flexibility index (Phi) is 13.0. The van der Waals surface area contributed by atoms with Crippen molar-refractivity contribution in [2.45, 2.75) is 89.4 Å². The zero-order valence-corrected chi connectivity index (χ0v) is 21.8. The number of hydrogen-bond donors (Lipinski definition) is 5. The Morgan fingerprint density at radius 3 is 2.16 bits per heavy atom. The summed E-state index contributed by atoms with van der Waals surface area (Å²) in [5, 5.41) is 14.9. The van der Waals surface area contributed by atoms with Crippen LogP contribution in [0.15, 0.2) is 0 Å². The third-order valence-electron chi connectivity index (χ3n) is 5.47. The van der Waals surface area contributed by atoms with Gasteiger partial charge < -0.3 is 50.9 Å². The van der Waals surface area contributed by atoms with Crippen LogP contribution in [-0.2, 0) is 52.5 Å². The van der Waals surface area contributed by atoms with Gasteiger partial charge in [-0.05, 0) is 20.3 Å². The van der Waals surface area contributed by atoms with Gasteiger partial charge >= 0.3 is 17.9 Å². The second-order valence-electron chi connectivity index (χ2n) is 8.57. The molecule has 216 valence electrons. The van der Waals surface area contributed by atoms with Gasteiger partial charge in [0, 0.05) is 20.3 Å². The van der Waals surface area contributed by atoms with Crippen LogP contribution in [0.25, 0.3) is 0 Å². The van der Waals surface area contributed by atoms with Crippen LogP contribution in [0.5, 0.6) is 0 Å². The van der Waals surface area contributed by atoms with Gasteiger partial charge in [0.2, 0.25) is 17.7 Å². The first-order valence-corrected chi connectivity index (χ1v) is 11.7. The minimum Gasteiger partial charge on any atom is -0.469 e. The fourth-order valence-electron chi connectivity index (χ4n) is 3.42. The molecule has 0 aromatic carbocycles. The number of rotatable bonds is 13. The molecule has 8 atom stereocenters. The maximum atomic E-state index is 12.7. The quantitative estimate of drug-likeness (QED) is 0.112. The van der Waals surface area contributed by atoms with E-state index in [-0.39, 0.29) is 12.8 Å². The number of esters is 3. The number of nitrogens with one attached hydrogen (secondary N) is 2. The Bertz CT molecular complexity index is 884. The standard InChI is InChI=1S/C22H36N4O12/c1-9(20(31)26-13(19(24)30)6-7-15(29)34-5)25-21(32)10(2)36-18-16(23)22(33)38-14(8-35-11(3)27)17(18)37-12(4)28/h9-10,13-14,16-18,22,33H,6-8,23H2,1-5H3,(H2,24,30)(H,25,32)(H,26,31)/t9-,10+,13+,14+,16+,17+,18+,22-/m0/s1. The molecule has 1 rings (SSSR count). The van der Waals surface area contributed by atoms with E-state index in [0.717, 1.165) is 13.8 Å². The average molecular weight is 549 g/mol. The van der Waals surface area contributed by atoms with Crippen molar-refractivity contribution >= 4 is 35.6 Å². The van der Waals surface area contributed by atoms with Crippen LogP contribution < -0.4 is 22.1 Å². The smallest absolute Gasteiger partial charge is 0.305 e. The largest absolute Gasteiger partial charge is 0.469 e. The molecule has 0 unspecified atom stereocenters. The average Bonchev–Trinajstić information content (AvgIpc) is 2.83. The molecule has 3 amide bonds. The van der Waals surface area contributed by atoms with E-state index in [0.29, 0.717) is 0 Å². The van der Waals surface area contributed by atoms with Crippen molar-refractivity contribution in [2.24, 2.45) is 11.5 Å². The highest BCUT2D eigenvalue weighted by molar-refractivity contribution is 5.92. The lowest BCUT2D eigenvalue weighted by atomic mass is 9.97. The number of methoxy groups -OCH3 is 1. The van der Waals surface area contributed by atoms with Crippen LogP contribution in [0, 0.1) is 0 Å². The highest BCUT2D eigenvalue weighted by Gasteiger charge is 2.48. The fourth-order valence-corrected chi connectivity index (χ4v) is 3.42. The Morgan fingerprint density at radius 1 is 1.00 bits per heavy atom. The molecule has 1 fully saturated rings. The van der Waals surface area contributed by atoms with Crippen molar-refractivity contribution in [3.05, 3.63) is 0 Å². The summed E-state index contributed by atoms with van der Waals surface area (Å²) < 4.78 is 25.6.